The maximum Gasteiger partial charge on any atom is 0.228 e. The minimum Gasteiger partial charge on any atom is -0.497 e. The van der Waals surface area contributed by atoms with Gasteiger partial charge in [0, 0.05) is 0 Å². The lowest BCUT2D eigenvalue weighted by atomic mass is 10.1. The number of hydrogen-bond acceptors (Lipinski definition) is 3. The molecule has 27 heavy (non-hydrogen) atoms. The average Bonchev–Trinajstić information content (AvgIpc) is 2.90. The van der Waals surface area contributed by atoms with Gasteiger partial charge in [-0.15, -0.1) is 0 Å². The number of carbonyl (C=O) groups excluding carboxylic acids is 1. The van der Waals surface area contributed by atoms with E-state index in [-0.39, 0.29) is 5.91 Å². The van der Waals surface area contributed by atoms with Gasteiger partial charge in [0.1, 0.15) is 5.75 Å². The Bertz CT molecular complexity index is 943. The van der Waals surface area contributed by atoms with Crippen LogP contribution in [0.15, 0.2) is 48.5 Å². The highest BCUT2D eigenvalue weighted by atomic mass is 16.5. The van der Waals surface area contributed by atoms with Gasteiger partial charge in [-0.2, -0.15) is 5.10 Å². The Balaban J connectivity index is 1.71. The van der Waals surface area contributed by atoms with Crippen molar-refractivity contribution in [3.05, 3.63) is 76.6 Å². The Morgan fingerprint density at radius 2 is 1.81 bits per heavy atom. The molecule has 3 rings (SSSR count). The minimum atomic E-state index is -0.0542. The fourth-order valence-electron chi connectivity index (χ4n) is 3.13. The number of aromatic nitrogens is 2. The molecule has 0 saturated carbocycles. The molecular formula is C22H25N3O2. The summed E-state index contributed by atoms with van der Waals surface area (Å²) >= 11 is 0. The lowest BCUT2D eigenvalue weighted by Crippen LogP contribution is -2.15. The largest absolute Gasteiger partial charge is 0.497 e. The predicted molar refractivity (Wildman–Crippen MR) is 107 cm³/mol. The first-order chi connectivity index (χ1) is 13.0. The van der Waals surface area contributed by atoms with Gasteiger partial charge in [-0.1, -0.05) is 42.0 Å². The van der Waals surface area contributed by atoms with Crippen LogP contribution in [0.5, 0.6) is 5.75 Å². The molecule has 0 unspecified atom stereocenters. The van der Waals surface area contributed by atoms with Crippen LogP contribution in [0, 0.1) is 20.8 Å². The van der Waals surface area contributed by atoms with E-state index in [4.69, 9.17) is 4.74 Å². The summed E-state index contributed by atoms with van der Waals surface area (Å²) in [4.78, 5) is 12.5. The smallest absolute Gasteiger partial charge is 0.228 e. The number of ether oxygens (including phenoxy) is 1. The normalized spacial score (nSPS) is 10.7. The molecular weight excluding hydrogens is 338 g/mol. The maximum atomic E-state index is 12.5. The highest BCUT2D eigenvalue weighted by Crippen LogP contribution is 2.21. The van der Waals surface area contributed by atoms with Gasteiger partial charge in [0.25, 0.3) is 0 Å². The van der Waals surface area contributed by atoms with Crippen LogP contribution in [0.3, 0.4) is 0 Å². The summed E-state index contributed by atoms with van der Waals surface area (Å²) in [5, 5.41) is 7.62. The number of rotatable bonds is 6. The van der Waals surface area contributed by atoms with Gasteiger partial charge in [-0.3, -0.25) is 9.48 Å². The van der Waals surface area contributed by atoms with Gasteiger partial charge < -0.3 is 10.1 Å². The lowest BCUT2D eigenvalue weighted by Gasteiger charge is -2.08. The zero-order valence-corrected chi connectivity index (χ0v) is 16.2. The van der Waals surface area contributed by atoms with Crippen LogP contribution in [-0.4, -0.2) is 22.8 Å². The van der Waals surface area contributed by atoms with Crippen molar-refractivity contribution in [1.29, 1.82) is 0 Å². The Hall–Kier alpha value is -3.08. The van der Waals surface area contributed by atoms with Crippen molar-refractivity contribution in [2.45, 2.75) is 33.7 Å². The molecule has 0 aliphatic heterocycles. The average molecular weight is 363 g/mol. The van der Waals surface area contributed by atoms with E-state index in [0.29, 0.717) is 13.0 Å². The molecule has 1 N–H and O–H groups in total. The molecule has 0 aliphatic rings. The fourth-order valence-corrected chi connectivity index (χ4v) is 3.13. The van der Waals surface area contributed by atoms with Crippen LogP contribution in [-0.2, 0) is 17.8 Å². The third-order valence-electron chi connectivity index (χ3n) is 4.58. The van der Waals surface area contributed by atoms with Crippen molar-refractivity contribution < 1.29 is 9.53 Å². The number of nitrogens with one attached hydrogen (secondary N) is 1. The van der Waals surface area contributed by atoms with Crippen molar-refractivity contribution in [3.8, 4) is 5.75 Å². The van der Waals surface area contributed by atoms with Crippen molar-refractivity contribution in [3.63, 3.8) is 0 Å². The van der Waals surface area contributed by atoms with Gasteiger partial charge in [0.15, 0.2) is 0 Å². The molecule has 140 valence electrons. The molecule has 1 heterocycles. The summed E-state index contributed by atoms with van der Waals surface area (Å²) in [7, 11) is 1.63. The van der Waals surface area contributed by atoms with Crippen molar-refractivity contribution in [2.24, 2.45) is 0 Å². The van der Waals surface area contributed by atoms with Gasteiger partial charge >= 0.3 is 0 Å². The first-order valence-electron chi connectivity index (χ1n) is 8.98. The fraction of sp³-hybridized carbons (Fsp3) is 0.273. The number of carbonyl (C=O) groups is 1. The van der Waals surface area contributed by atoms with Crippen molar-refractivity contribution in [2.75, 3.05) is 12.4 Å². The van der Waals surface area contributed by atoms with Crippen molar-refractivity contribution >= 4 is 11.6 Å². The van der Waals surface area contributed by atoms with Crippen LogP contribution in [0.4, 0.5) is 5.69 Å². The molecule has 1 aromatic heterocycles. The molecule has 5 heteroatoms. The topological polar surface area (TPSA) is 56.1 Å². The Kier molecular flexibility index (Phi) is 5.60. The summed E-state index contributed by atoms with van der Waals surface area (Å²) < 4.78 is 7.09. The van der Waals surface area contributed by atoms with Gasteiger partial charge in [0.05, 0.1) is 37.2 Å². The van der Waals surface area contributed by atoms with E-state index in [1.807, 2.05) is 48.9 Å². The number of nitrogens with zero attached hydrogens (tertiary/aromatic N) is 2. The zero-order chi connectivity index (χ0) is 19.4. The molecule has 0 saturated heterocycles. The molecule has 3 aromatic rings. The summed E-state index contributed by atoms with van der Waals surface area (Å²) in [6.45, 7) is 6.67. The third-order valence-corrected chi connectivity index (χ3v) is 4.58. The van der Waals surface area contributed by atoms with Crippen LogP contribution >= 0.6 is 0 Å². The van der Waals surface area contributed by atoms with E-state index in [0.717, 1.165) is 28.4 Å². The molecule has 0 spiro atoms. The number of aryl methyl sites for hydroxylation is 2. The second-order valence-corrected chi connectivity index (χ2v) is 6.77. The second kappa shape index (κ2) is 8.08. The summed E-state index contributed by atoms with van der Waals surface area (Å²) in [6, 6.07) is 15.9. The van der Waals surface area contributed by atoms with E-state index in [9.17, 15) is 4.79 Å². The predicted octanol–water partition coefficient (Wildman–Crippen LogP) is 4.05. The van der Waals surface area contributed by atoms with Crippen molar-refractivity contribution in [1.82, 2.24) is 9.78 Å². The van der Waals surface area contributed by atoms with Crippen LogP contribution in [0.1, 0.15) is 28.1 Å². The van der Waals surface area contributed by atoms with Crippen LogP contribution in [0.25, 0.3) is 0 Å². The molecule has 0 bridgehead atoms. The minimum absolute atomic E-state index is 0.0542. The zero-order valence-electron chi connectivity index (χ0n) is 16.2. The number of anilines is 1. The lowest BCUT2D eigenvalue weighted by molar-refractivity contribution is -0.115. The quantitative estimate of drug-likeness (QED) is 0.719. The van der Waals surface area contributed by atoms with E-state index >= 15 is 0 Å². The Morgan fingerprint density at radius 1 is 1.07 bits per heavy atom. The summed E-state index contributed by atoms with van der Waals surface area (Å²) in [5.41, 5.74) is 5.93. The standard InChI is InChI=1S/C22H25N3O2/c1-15-6-5-7-19(12-15)14-25-17(3)22(16(2)24-25)23-21(26)13-18-8-10-20(27-4)11-9-18/h5-12H,13-14H2,1-4H3,(H,23,26). The Labute approximate surface area is 160 Å². The highest BCUT2D eigenvalue weighted by Gasteiger charge is 2.15. The SMILES string of the molecule is COc1ccc(CC(=O)Nc2c(C)nn(Cc3cccc(C)c3)c2C)cc1. The molecule has 0 aliphatic carbocycles. The highest BCUT2D eigenvalue weighted by molar-refractivity contribution is 5.93. The van der Waals surface area contributed by atoms with Crippen LogP contribution < -0.4 is 10.1 Å². The number of benzene rings is 2. The maximum absolute atomic E-state index is 12.5. The van der Waals surface area contributed by atoms with Gasteiger partial charge in [-0.05, 0) is 44.0 Å². The first-order valence-corrected chi connectivity index (χ1v) is 8.98. The monoisotopic (exact) mass is 363 g/mol. The number of methoxy groups -OCH3 is 1. The van der Waals surface area contributed by atoms with E-state index in [1.54, 1.807) is 7.11 Å². The van der Waals surface area contributed by atoms with Crippen LogP contribution in [0.2, 0.25) is 0 Å². The molecule has 5 nitrogen and oxygen atoms in total. The third kappa shape index (κ3) is 4.56. The Morgan fingerprint density at radius 3 is 2.48 bits per heavy atom. The molecule has 0 radical (unpaired) electrons. The number of hydrogen-bond donors (Lipinski definition) is 1. The summed E-state index contributed by atoms with van der Waals surface area (Å²) in [6.07, 6.45) is 0.311. The van der Waals surface area contributed by atoms with Gasteiger partial charge in [0.2, 0.25) is 5.91 Å². The number of amides is 1. The summed E-state index contributed by atoms with van der Waals surface area (Å²) in [5.74, 6) is 0.727. The second-order valence-electron chi connectivity index (χ2n) is 6.77. The van der Waals surface area contributed by atoms with E-state index in [1.165, 1.54) is 11.1 Å². The first kappa shape index (κ1) is 18.7. The van der Waals surface area contributed by atoms with E-state index in [2.05, 4.69) is 35.5 Å². The van der Waals surface area contributed by atoms with E-state index < -0.39 is 0 Å². The van der Waals surface area contributed by atoms with Gasteiger partial charge in [-0.25, -0.2) is 0 Å². The molecule has 1 amide bonds. The molecule has 0 atom stereocenters. The molecule has 0 fully saturated rings. The molecule has 2 aromatic carbocycles.